The number of hydrogen-bond acceptors (Lipinski definition) is 7. The minimum atomic E-state index is -5.10. The van der Waals surface area contributed by atoms with Crippen molar-refractivity contribution < 1.29 is 37.7 Å². The molecule has 8 nitrogen and oxygen atoms in total. The molecule has 13 heteroatoms. The Bertz CT molecular complexity index is 1160. The smallest absolute Gasteiger partial charge is 0.449 e. The zero-order chi connectivity index (χ0) is 24.4. The topological polar surface area (TPSA) is 115 Å². The molecule has 0 bridgehead atoms. The second-order valence-electron chi connectivity index (χ2n) is 6.71. The highest BCUT2D eigenvalue weighted by molar-refractivity contribution is 6.31. The van der Waals surface area contributed by atoms with Crippen molar-refractivity contribution in [3.05, 3.63) is 70.2 Å². The molecule has 1 aromatic carbocycles. The lowest BCUT2D eigenvalue weighted by Gasteiger charge is -2.37. The van der Waals surface area contributed by atoms with E-state index < -0.39 is 29.4 Å². The SMILES string of the molecule is CC(c1cc(Oc2ncc(OC(=O)O)cn2)ccc1Cl)C(O)(c1ccnc(Cl)c1)C(F)(F)F. The predicted molar refractivity (Wildman–Crippen MR) is 110 cm³/mol. The molecule has 0 aliphatic heterocycles. The summed E-state index contributed by atoms with van der Waals surface area (Å²) < 4.78 is 52.1. The Kier molecular flexibility index (Phi) is 6.96. The van der Waals surface area contributed by atoms with Crippen molar-refractivity contribution in [3.63, 3.8) is 0 Å². The summed E-state index contributed by atoms with van der Waals surface area (Å²) in [6, 6.07) is 5.56. The van der Waals surface area contributed by atoms with Gasteiger partial charge in [-0.1, -0.05) is 30.1 Å². The van der Waals surface area contributed by atoms with Gasteiger partial charge in [-0.05, 0) is 41.5 Å². The summed E-state index contributed by atoms with van der Waals surface area (Å²) in [7, 11) is 0. The molecule has 0 fully saturated rings. The number of aliphatic hydroxyl groups is 1. The number of ether oxygens (including phenoxy) is 2. The number of halogens is 5. The largest absolute Gasteiger partial charge is 0.511 e. The van der Waals surface area contributed by atoms with Gasteiger partial charge in [-0.25, -0.2) is 9.78 Å². The number of benzene rings is 1. The van der Waals surface area contributed by atoms with Crippen molar-refractivity contribution in [2.75, 3.05) is 0 Å². The van der Waals surface area contributed by atoms with E-state index in [2.05, 4.69) is 19.7 Å². The van der Waals surface area contributed by atoms with Gasteiger partial charge >= 0.3 is 18.3 Å². The summed E-state index contributed by atoms with van der Waals surface area (Å²) in [4.78, 5) is 21.7. The lowest BCUT2D eigenvalue weighted by molar-refractivity contribution is -0.274. The molecule has 0 aliphatic carbocycles. The molecule has 0 saturated carbocycles. The maximum Gasteiger partial charge on any atom is 0.511 e. The molecule has 3 aromatic rings. The Hall–Kier alpha value is -3.15. The Morgan fingerprint density at radius 3 is 2.30 bits per heavy atom. The van der Waals surface area contributed by atoms with Gasteiger partial charge in [0, 0.05) is 17.1 Å². The van der Waals surface area contributed by atoms with E-state index in [9.17, 15) is 23.1 Å². The first-order valence-corrected chi connectivity index (χ1v) is 9.78. The Morgan fingerprint density at radius 2 is 1.73 bits per heavy atom. The zero-order valence-electron chi connectivity index (χ0n) is 16.5. The fraction of sp³-hybridized carbons (Fsp3) is 0.200. The first-order chi connectivity index (χ1) is 15.4. The second-order valence-corrected chi connectivity index (χ2v) is 7.50. The maximum absolute atomic E-state index is 14.1. The molecular formula is C20H14Cl2F3N3O5. The lowest BCUT2D eigenvalue weighted by Crippen LogP contribution is -2.46. The number of aromatic nitrogens is 3. The van der Waals surface area contributed by atoms with Crippen molar-refractivity contribution >= 4 is 29.4 Å². The molecular weight excluding hydrogens is 490 g/mol. The molecule has 3 rings (SSSR count). The average molecular weight is 504 g/mol. The van der Waals surface area contributed by atoms with Crippen molar-refractivity contribution in [2.45, 2.75) is 24.6 Å². The lowest BCUT2D eigenvalue weighted by atomic mass is 9.78. The summed E-state index contributed by atoms with van der Waals surface area (Å²) in [5.41, 5.74) is -3.94. The molecule has 0 spiro atoms. The van der Waals surface area contributed by atoms with Crippen LogP contribution in [0.4, 0.5) is 18.0 Å². The van der Waals surface area contributed by atoms with Crippen LogP contribution in [0.5, 0.6) is 17.5 Å². The van der Waals surface area contributed by atoms with E-state index >= 15 is 0 Å². The van der Waals surface area contributed by atoms with Gasteiger partial charge in [-0.2, -0.15) is 23.1 Å². The Labute approximate surface area is 194 Å². The monoisotopic (exact) mass is 503 g/mol. The van der Waals surface area contributed by atoms with Gasteiger partial charge in [0.2, 0.25) is 0 Å². The number of carboxylic acid groups (broad SMARTS) is 1. The van der Waals surface area contributed by atoms with E-state index in [0.29, 0.717) is 0 Å². The van der Waals surface area contributed by atoms with Gasteiger partial charge in [0.1, 0.15) is 10.9 Å². The first-order valence-electron chi connectivity index (χ1n) is 9.03. The van der Waals surface area contributed by atoms with Gasteiger partial charge in [0.25, 0.3) is 0 Å². The molecule has 174 valence electrons. The third kappa shape index (κ3) is 5.27. The predicted octanol–water partition coefficient (Wildman–Crippen LogP) is 5.58. The Balaban J connectivity index is 1.96. The van der Waals surface area contributed by atoms with Crippen LogP contribution in [0.2, 0.25) is 10.2 Å². The normalized spacial score (nSPS) is 14.3. The number of rotatable bonds is 6. The van der Waals surface area contributed by atoms with E-state index in [4.69, 9.17) is 33.0 Å². The van der Waals surface area contributed by atoms with Crippen LogP contribution < -0.4 is 9.47 Å². The highest BCUT2D eigenvalue weighted by Gasteiger charge is 2.59. The molecule has 0 amide bonds. The van der Waals surface area contributed by atoms with Crippen LogP contribution in [0, 0.1) is 0 Å². The van der Waals surface area contributed by atoms with Crippen molar-refractivity contribution in [1.82, 2.24) is 15.0 Å². The van der Waals surface area contributed by atoms with Gasteiger partial charge < -0.3 is 19.7 Å². The van der Waals surface area contributed by atoms with Crippen LogP contribution >= 0.6 is 23.2 Å². The second kappa shape index (κ2) is 9.38. The zero-order valence-corrected chi connectivity index (χ0v) is 18.1. The molecule has 33 heavy (non-hydrogen) atoms. The van der Waals surface area contributed by atoms with Crippen LogP contribution in [-0.4, -0.2) is 37.5 Å². The number of nitrogens with zero attached hydrogens (tertiary/aromatic N) is 3. The summed E-state index contributed by atoms with van der Waals surface area (Å²) in [5, 5.41) is 19.2. The Morgan fingerprint density at radius 1 is 1.06 bits per heavy atom. The molecule has 2 N–H and O–H groups in total. The van der Waals surface area contributed by atoms with Crippen LogP contribution in [0.25, 0.3) is 0 Å². The van der Waals surface area contributed by atoms with Gasteiger partial charge in [0.05, 0.1) is 12.4 Å². The van der Waals surface area contributed by atoms with Crippen LogP contribution in [0.15, 0.2) is 48.9 Å². The molecule has 0 saturated heterocycles. The summed E-state index contributed by atoms with van der Waals surface area (Å²) in [5.74, 6) is -1.74. The van der Waals surface area contributed by atoms with Gasteiger partial charge in [-0.3, -0.25) is 0 Å². The van der Waals surface area contributed by atoms with Crippen molar-refractivity contribution in [3.8, 4) is 17.5 Å². The van der Waals surface area contributed by atoms with E-state index in [-0.39, 0.29) is 33.2 Å². The van der Waals surface area contributed by atoms with Crippen LogP contribution in [0.1, 0.15) is 24.0 Å². The molecule has 0 radical (unpaired) electrons. The van der Waals surface area contributed by atoms with Gasteiger partial charge in [0.15, 0.2) is 11.4 Å². The van der Waals surface area contributed by atoms with E-state index in [1.54, 1.807) is 0 Å². The number of pyridine rings is 1. The molecule has 2 atom stereocenters. The summed E-state index contributed by atoms with van der Waals surface area (Å²) in [6.45, 7) is 1.15. The molecule has 2 aromatic heterocycles. The minimum absolute atomic E-state index is 0.0189. The number of carbonyl (C=O) groups is 1. The number of alkyl halides is 3. The van der Waals surface area contributed by atoms with E-state index in [1.165, 1.54) is 18.2 Å². The number of hydrogen-bond donors (Lipinski definition) is 2. The quantitative estimate of drug-likeness (QED) is 0.330. The third-order valence-electron chi connectivity index (χ3n) is 4.68. The van der Waals surface area contributed by atoms with E-state index in [1.807, 2.05) is 0 Å². The average Bonchev–Trinajstić information content (AvgIpc) is 2.74. The first kappa shape index (κ1) is 24.5. The van der Waals surface area contributed by atoms with Crippen LogP contribution in [-0.2, 0) is 5.60 Å². The summed E-state index contributed by atoms with van der Waals surface area (Å²) in [6.07, 6.45) is -3.54. The van der Waals surface area contributed by atoms with Crippen molar-refractivity contribution in [1.29, 1.82) is 0 Å². The third-order valence-corrected chi connectivity index (χ3v) is 5.23. The molecule has 2 unspecified atom stereocenters. The highest BCUT2D eigenvalue weighted by atomic mass is 35.5. The summed E-state index contributed by atoms with van der Waals surface area (Å²) >= 11 is 11.9. The molecule has 2 heterocycles. The van der Waals surface area contributed by atoms with Crippen LogP contribution in [0.3, 0.4) is 0 Å². The maximum atomic E-state index is 14.1. The highest BCUT2D eigenvalue weighted by Crippen LogP contribution is 2.50. The van der Waals surface area contributed by atoms with E-state index in [0.717, 1.165) is 37.6 Å². The molecule has 0 aliphatic rings. The fourth-order valence-electron chi connectivity index (χ4n) is 3.06. The standard InChI is InChI=1S/C20H14Cl2F3N3O5/c1-10(19(31,20(23,24)25)11-4-5-26-16(22)6-11)14-7-12(2-3-15(14)21)32-17-27-8-13(9-28-17)33-18(29)30/h2-10,31H,1H3,(H,29,30). The van der Waals surface area contributed by atoms with Crippen molar-refractivity contribution in [2.24, 2.45) is 0 Å². The minimum Gasteiger partial charge on any atom is -0.449 e. The fourth-order valence-corrected chi connectivity index (χ4v) is 3.51. The van der Waals surface area contributed by atoms with Gasteiger partial charge in [-0.15, -0.1) is 0 Å².